The standard InChI is InChI=1S/C35H23BN2O/c1-20-18-26(24-11-6-10-23-25-17-16-21-8-2-3-9-22(21)33(25)37-34(23)24)32-29(19-20)38-28-13-4-5-14-30(28)39-31-15-7-12-27(36-32)35(31)38/h2-19,36-37H,1H3. The molecule has 2 aliphatic rings. The van der Waals surface area contributed by atoms with Crippen molar-refractivity contribution in [2.75, 3.05) is 4.90 Å². The third-order valence-corrected chi connectivity index (χ3v) is 8.43. The maximum Gasteiger partial charge on any atom is 0.198 e. The molecule has 182 valence electrons. The van der Waals surface area contributed by atoms with Crippen LogP contribution >= 0.6 is 0 Å². The molecule has 6 aromatic carbocycles. The van der Waals surface area contributed by atoms with Gasteiger partial charge in [-0.2, -0.15) is 0 Å². The molecule has 39 heavy (non-hydrogen) atoms. The smallest absolute Gasteiger partial charge is 0.198 e. The summed E-state index contributed by atoms with van der Waals surface area (Å²) >= 11 is 0. The van der Waals surface area contributed by atoms with Crippen LogP contribution in [0.25, 0.3) is 43.7 Å². The Bertz CT molecular complexity index is 2160. The topological polar surface area (TPSA) is 28.3 Å². The molecule has 1 N–H and O–H groups in total. The molecule has 0 bridgehead atoms. The van der Waals surface area contributed by atoms with E-state index >= 15 is 0 Å². The lowest BCUT2D eigenvalue weighted by molar-refractivity contribution is 0.477. The molecule has 0 fully saturated rings. The number of rotatable bonds is 1. The lowest BCUT2D eigenvalue weighted by Gasteiger charge is -2.39. The number of anilines is 3. The molecule has 3 nitrogen and oxygen atoms in total. The Balaban J connectivity index is 1.35. The van der Waals surface area contributed by atoms with Gasteiger partial charge in [-0.3, -0.25) is 0 Å². The van der Waals surface area contributed by atoms with Crippen molar-refractivity contribution in [3.8, 4) is 22.6 Å². The minimum absolute atomic E-state index is 0.857. The highest BCUT2D eigenvalue weighted by Crippen LogP contribution is 2.51. The Morgan fingerprint density at radius 2 is 1.44 bits per heavy atom. The van der Waals surface area contributed by atoms with E-state index in [4.69, 9.17) is 4.74 Å². The summed E-state index contributed by atoms with van der Waals surface area (Å²) < 4.78 is 6.36. The van der Waals surface area contributed by atoms with E-state index in [1.165, 1.54) is 65.9 Å². The largest absolute Gasteiger partial charge is 0.453 e. The van der Waals surface area contributed by atoms with E-state index in [0.717, 1.165) is 30.2 Å². The van der Waals surface area contributed by atoms with Crippen molar-refractivity contribution in [2.24, 2.45) is 0 Å². The second kappa shape index (κ2) is 7.55. The van der Waals surface area contributed by atoms with Crippen molar-refractivity contribution in [2.45, 2.75) is 6.92 Å². The van der Waals surface area contributed by atoms with Gasteiger partial charge in [-0.05, 0) is 53.2 Å². The average molecular weight is 498 g/mol. The summed E-state index contributed by atoms with van der Waals surface area (Å²) in [6.45, 7) is 2.20. The number of aryl methyl sites for hydroxylation is 1. The second-order valence-corrected chi connectivity index (χ2v) is 10.7. The predicted molar refractivity (Wildman–Crippen MR) is 165 cm³/mol. The molecular formula is C35H23BN2O. The molecule has 2 aliphatic heterocycles. The molecule has 1 aromatic heterocycles. The van der Waals surface area contributed by atoms with Crippen LogP contribution in [0.4, 0.5) is 17.1 Å². The highest BCUT2D eigenvalue weighted by molar-refractivity contribution is 6.73. The van der Waals surface area contributed by atoms with Gasteiger partial charge < -0.3 is 14.6 Å². The van der Waals surface area contributed by atoms with Crippen molar-refractivity contribution < 1.29 is 4.74 Å². The van der Waals surface area contributed by atoms with Gasteiger partial charge in [0.25, 0.3) is 0 Å². The number of aromatic nitrogens is 1. The van der Waals surface area contributed by atoms with Gasteiger partial charge in [0.15, 0.2) is 18.8 Å². The van der Waals surface area contributed by atoms with Crippen LogP contribution in [-0.2, 0) is 0 Å². The summed E-state index contributed by atoms with van der Waals surface area (Å²) in [4.78, 5) is 6.28. The van der Waals surface area contributed by atoms with Gasteiger partial charge in [-0.25, -0.2) is 0 Å². The van der Waals surface area contributed by atoms with Crippen LogP contribution < -0.4 is 20.6 Å². The van der Waals surface area contributed by atoms with Gasteiger partial charge >= 0.3 is 0 Å². The number of nitrogens with one attached hydrogen (secondary N) is 1. The van der Waals surface area contributed by atoms with Gasteiger partial charge in [0, 0.05) is 27.4 Å². The predicted octanol–water partition coefficient (Wildman–Crippen LogP) is 7.73. The maximum absolute atomic E-state index is 6.36. The first kappa shape index (κ1) is 21.0. The van der Waals surface area contributed by atoms with E-state index in [9.17, 15) is 0 Å². The van der Waals surface area contributed by atoms with Crippen molar-refractivity contribution in [1.29, 1.82) is 0 Å². The zero-order chi connectivity index (χ0) is 25.7. The Morgan fingerprint density at radius 1 is 0.641 bits per heavy atom. The van der Waals surface area contributed by atoms with Crippen molar-refractivity contribution in [3.05, 3.63) is 115 Å². The van der Waals surface area contributed by atoms with Crippen LogP contribution in [0.5, 0.6) is 11.5 Å². The van der Waals surface area contributed by atoms with Crippen LogP contribution in [-0.4, -0.2) is 12.3 Å². The molecule has 0 saturated carbocycles. The van der Waals surface area contributed by atoms with E-state index in [1.807, 2.05) is 6.07 Å². The molecule has 0 spiro atoms. The monoisotopic (exact) mass is 498 g/mol. The summed E-state index contributed by atoms with van der Waals surface area (Å²) in [5.74, 6) is 1.81. The molecule has 4 heteroatoms. The van der Waals surface area contributed by atoms with E-state index in [0.29, 0.717) is 0 Å². The normalized spacial score (nSPS) is 13.1. The van der Waals surface area contributed by atoms with Crippen LogP contribution in [0.3, 0.4) is 0 Å². The van der Waals surface area contributed by atoms with Gasteiger partial charge in [0.05, 0.1) is 22.4 Å². The van der Waals surface area contributed by atoms with Crippen molar-refractivity contribution in [1.82, 2.24) is 4.98 Å². The minimum Gasteiger partial charge on any atom is -0.453 e. The quantitative estimate of drug-likeness (QED) is 0.235. The molecule has 0 aliphatic carbocycles. The number of fused-ring (bicyclic) bond motifs is 9. The molecule has 7 aromatic rings. The van der Waals surface area contributed by atoms with E-state index in [2.05, 4.69) is 120 Å². The van der Waals surface area contributed by atoms with Crippen LogP contribution in [0.15, 0.2) is 109 Å². The first-order chi connectivity index (χ1) is 19.2. The molecule has 0 saturated heterocycles. The summed E-state index contributed by atoms with van der Waals surface area (Å²) in [5.41, 5.74) is 12.3. The number of aromatic amines is 1. The number of nitrogens with zero attached hydrogens (tertiary/aromatic N) is 1. The van der Waals surface area contributed by atoms with Gasteiger partial charge in [0.1, 0.15) is 0 Å². The molecule has 0 unspecified atom stereocenters. The van der Waals surface area contributed by atoms with Crippen LogP contribution in [0.2, 0.25) is 0 Å². The number of hydrogen-bond donors (Lipinski definition) is 1. The highest BCUT2D eigenvalue weighted by atomic mass is 16.5. The summed E-state index contributed by atoms with van der Waals surface area (Å²) in [6.07, 6.45) is 0. The zero-order valence-electron chi connectivity index (χ0n) is 21.5. The first-order valence-corrected chi connectivity index (χ1v) is 13.5. The summed E-state index contributed by atoms with van der Waals surface area (Å²) in [7, 11) is 0.857. The third-order valence-electron chi connectivity index (χ3n) is 8.43. The fourth-order valence-electron chi connectivity index (χ4n) is 6.77. The molecule has 0 radical (unpaired) electrons. The number of ether oxygens (including phenoxy) is 1. The number of benzene rings is 6. The lowest BCUT2D eigenvalue weighted by Crippen LogP contribution is -2.42. The Hall–Kier alpha value is -4.96. The summed E-state index contributed by atoms with van der Waals surface area (Å²) in [5, 5.41) is 5.04. The maximum atomic E-state index is 6.36. The molecular weight excluding hydrogens is 475 g/mol. The van der Waals surface area contributed by atoms with Gasteiger partial charge in [-0.15, -0.1) is 0 Å². The molecule has 0 atom stereocenters. The van der Waals surface area contributed by atoms with Crippen LogP contribution in [0, 0.1) is 6.92 Å². The minimum atomic E-state index is 0.857. The molecule has 9 rings (SSSR count). The Labute approximate surface area is 226 Å². The van der Waals surface area contributed by atoms with Gasteiger partial charge in [0.2, 0.25) is 0 Å². The third kappa shape index (κ3) is 2.83. The zero-order valence-corrected chi connectivity index (χ0v) is 21.5. The van der Waals surface area contributed by atoms with E-state index in [-0.39, 0.29) is 0 Å². The highest BCUT2D eigenvalue weighted by Gasteiger charge is 2.34. The average Bonchev–Trinajstić information content (AvgIpc) is 3.36. The fourth-order valence-corrected chi connectivity index (χ4v) is 6.77. The second-order valence-electron chi connectivity index (χ2n) is 10.7. The lowest BCUT2D eigenvalue weighted by atomic mass is 9.58. The number of H-pyrrole nitrogens is 1. The fraction of sp³-hybridized carbons (Fsp3) is 0.0286. The van der Waals surface area contributed by atoms with E-state index < -0.39 is 0 Å². The van der Waals surface area contributed by atoms with E-state index in [1.54, 1.807) is 0 Å². The SMILES string of the molecule is Cc1cc(-c2cccc3c2[nH]c2c4ccccc4ccc32)c2c(c1)N1c3ccccc3Oc3cccc(c31)B2. The van der Waals surface area contributed by atoms with Gasteiger partial charge in [-0.1, -0.05) is 90.4 Å². The number of para-hydroxylation sites is 4. The number of hydrogen-bond acceptors (Lipinski definition) is 2. The van der Waals surface area contributed by atoms with Crippen molar-refractivity contribution >= 4 is 67.8 Å². The summed E-state index contributed by atoms with van der Waals surface area (Å²) in [6, 6.07) is 39.3. The molecule has 0 amide bonds. The first-order valence-electron chi connectivity index (χ1n) is 13.5. The van der Waals surface area contributed by atoms with Crippen molar-refractivity contribution in [3.63, 3.8) is 0 Å². The Kier molecular flexibility index (Phi) is 4.07. The molecule has 3 heterocycles. The van der Waals surface area contributed by atoms with Crippen LogP contribution in [0.1, 0.15) is 5.56 Å². The Morgan fingerprint density at radius 3 is 2.41 bits per heavy atom.